The Balaban J connectivity index is 1.84. The Morgan fingerprint density at radius 3 is 2.21 bits per heavy atom. The van der Waals surface area contributed by atoms with E-state index in [1.165, 1.54) is 0 Å². The molecule has 0 aliphatic carbocycles. The fourth-order valence-electron chi connectivity index (χ4n) is 2.31. The van der Waals surface area contributed by atoms with Crippen LogP contribution in [0.3, 0.4) is 0 Å². The summed E-state index contributed by atoms with van der Waals surface area (Å²) in [5, 5.41) is -2.13. The summed E-state index contributed by atoms with van der Waals surface area (Å²) in [4.78, 5) is 62.9. The average Bonchev–Trinajstić information content (AvgIpc) is 2.94. The van der Waals surface area contributed by atoms with Crippen LogP contribution in [0.2, 0.25) is 0 Å². The van der Waals surface area contributed by atoms with Crippen LogP contribution in [0.5, 0.6) is 0 Å². The molecule has 2 fully saturated rings. The molecule has 11 nitrogen and oxygen atoms in total. The van der Waals surface area contributed by atoms with Gasteiger partial charge in [0.2, 0.25) is 11.8 Å². The first-order chi connectivity index (χ1) is 11.1. The summed E-state index contributed by atoms with van der Waals surface area (Å²) in [6, 6.07) is 0. The number of amides is 4. The van der Waals surface area contributed by atoms with Gasteiger partial charge in [0.25, 0.3) is 11.8 Å². The van der Waals surface area contributed by atoms with Gasteiger partial charge in [0, 0.05) is 25.8 Å². The maximum atomic E-state index is 11.6. The third kappa shape index (κ3) is 3.76. The normalized spacial score (nSPS) is 21.8. The van der Waals surface area contributed by atoms with Gasteiger partial charge >= 0.3 is 5.97 Å². The van der Waals surface area contributed by atoms with E-state index in [0.29, 0.717) is 0 Å². The summed E-state index contributed by atoms with van der Waals surface area (Å²) in [7, 11) is -5.03. The van der Waals surface area contributed by atoms with Crippen LogP contribution >= 0.6 is 0 Å². The zero-order valence-corrected chi connectivity index (χ0v) is 13.1. The lowest BCUT2D eigenvalue weighted by Gasteiger charge is -2.16. The van der Waals surface area contributed by atoms with Crippen LogP contribution in [0.15, 0.2) is 0 Å². The largest absolute Gasteiger partial charge is 0.747 e. The van der Waals surface area contributed by atoms with Crippen LogP contribution in [0, 0.1) is 0 Å². The van der Waals surface area contributed by atoms with Crippen molar-refractivity contribution in [2.24, 2.45) is 0 Å². The second-order valence-corrected chi connectivity index (χ2v) is 6.77. The van der Waals surface area contributed by atoms with Crippen molar-refractivity contribution in [3.63, 3.8) is 0 Å². The SMILES string of the molecule is O=C(CCCN1C(=O)CCC1=O)ON1C(=O)CC(S(=O)(=O)[O-])C1=O. The number of carbonyl (C=O) groups excluding carboxylic acids is 5. The smallest absolute Gasteiger partial charge is 0.333 e. The lowest BCUT2D eigenvalue weighted by Crippen LogP contribution is -2.37. The van der Waals surface area contributed by atoms with E-state index in [-0.39, 0.29) is 49.1 Å². The molecular formula is C12H13N2O9S-. The lowest BCUT2D eigenvalue weighted by atomic mass is 10.3. The van der Waals surface area contributed by atoms with Gasteiger partial charge in [0.05, 0.1) is 6.42 Å². The van der Waals surface area contributed by atoms with E-state index in [2.05, 4.69) is 4.84 Å². The van der Waals surface area contributed by atoms with Gasteiger partial charge in [-0.05, 0) is 6.42 Å². The van der Waals surface area contributed by atoms with E-state index < -0.39 is 39.6 Å². The topological polar surface area (TPSA) is 158 Å². The molecule has 1 atom stereocenters. The Bertz CT molecular complexity index is 698. The summed E-state index contributed by atoms with van der Waals surface area (Å²) in [6.45, 7) is -0.00771. The van der Waals surface area contributed by atoms with Crippen molar-refractivity contribution in [3.05, 3.63) is 0 Å². The van der Waals surface area contributed by atoms with Gasteiger partial charge in [-0.15, -0.1) is 5.06 Å². The van der Waals surface area contributed by atoms with Gasteiger partial charge in [-0.25, -0.2) is 13.2 Å². The molecule has 12 heteroatoms. The van der Waals surface area contributed by atoms with Crippen molar-refractivity contribution in [1.29, 1.82) is 0 Å². The highest BCUT2D eigenvalue weighted by molar-refractivity contribution is 7.87. The molecular weight excluding hydrogens is 348 g/mol. The highest BCUT2D eigenvalue weighted by atomic mass is 32.2. The molecule has 0 aromatic carbocycles. The Hall–Kier alpha value is -2.34. The monoisotopic (exact) mass is 361 g/mol. The fourth-order valence-corrected chi connectivity index (χ4v) is 2.99. The number of hydrogen-bond donors (Lipinski definition) is 0. The van der Waals surface area contributed by atoms with Gasteiger partial charge in [-0.2, -0.15) is 0 Å². The number of hydroxylamine groups is 2. The Labute approximate surface area is 136 Å². The molecule has 4 amide bonds. The maximum absolute atomic E-state index is 11.6. The molecule has 24 heavy (non-hydrogen) atoms. The van der Waals surface area contributed by atoms with E-state index in [0.717, 1.165) is 4.90 Å². The van der Waals surface area contributed by atoms with Crippen molar-refractivity contribution >= 4 is 39.7 Å². The van der Waals surface area contributed by atoms with Crippen LogP contribution in [0.25, 0.3) is 0 Å². The minimum atomic E-state index is -5.03. The molecule has 0 bridgehead atoms. The number of rotatable bonds is 6. The first kappa shape index (κ1) is 18.0. The molecule has 2 rings (SSSR count). The van der Waals surface area contributed by atoms with Crippen molar-refractivity contribution in [2.75, 3.05) is 6.54 Å². The van der Waals surface area contributed by atoms with Gasteiger partial charge in [0.1, 0.15) is 15.4 Å². The van der Waals surface area contributed by atoms with E-state index >= 15 is 0 Å². The maximum Gasteiger partial charge on any atom is 0.333 e. The van der Waals surface area contributed by atoms with E-state index in [1.54, 1.807) is 0 Å². The number of nitrogens with zero attached hydrogens (tertiary/aromatic N) is 2. The summed E-state index contributed by atoms with van der Waals surface area (Å²) in [5.41, 5.74) is 0. The third-order valence-electron chi connectivity index (χ3n) is 3.52. The summed E-state index contributed by atoms with van der Waals surface area (Å²) >= 11 is 0. The molecule has 0 N–H and O–H groups in total. The fraction of sp³-hybridized carbons (Fsp3) is 0.583. The molecule has 2 heterocycles. The predicted molar refractivity (Wildman–Crippen MR) is 71.2 cm³/mol. The second kappa shape index (κ2) is 6.65. The summed E-state index contributed by atoms with van der Waals surface area (Å²) in [5.74, 6) is -4.24. The van der Waals surface area contributed by atoms with E-state index in [1.807, 2.05) is 0 Å². The highest BCUT2D eigenvalue weighted by Gasteiger charge is 2.45. The van der Waals surface area contributed by atoms with Gasteiger partial charge in [-0.3, -0.25) is 24.1 Å². The van der Waals surface area contributed by atoms with Crippen LogP contribution in [0.4, 0.5) is 0 Å². The van der Waals surface area contributed by atoms with Gasteiger partial charge in [-0.1, -0.05) is 0 Å². The molecule has 0 spiro atoms. The van der Waals surface area contributed by atoms with Crippen LogP contribution in [-0.2, 0) is 38.9 Å². The first-order valence-corrected chi connectivity index (χ1v) is 8.44. The minimum Gasteiger partial charge on any atom is -0.747 e. The van der Waals surface area contributed by atoms with Crippen molar-refractivity contribution < 1.29 is 41.8 Å². The molecule has 2 saturated heterocycles. The van der Waals surface area contributed by atoms with Crippen LogP contribution < -0.4 is 0 Å². The van der Waals surface area contributed by atoms with Crippen molar-refractivity contribution in [3.8, 4) is 0 Å². The van der Waals surface area contributed by atoms with Crippen LogP contribution in [0.1, 0.15) is 32.1 Å². The van der Waals surface area contributed by atoms with E-state index in [4.69, 9.17) is 0 Å². The number of hydrogen-bond acceptors (Lipinski definition) is 9. The Morgan fingerprint density at radius 2 is 1.71 bits per heavy atom. The molecule has 0 radical (unpaired) electrons. The number of likely N-dealkylation sites (tertiary alicyclic amines) is 1. The second-order valence-electron chi connectivity index (χ2n) is 5.22. The molecule has 2 aliphatic rings. The average molecular weight is 361 g/mol. The van der Waals surface area contributed by atoms with Crippen molar-refractivity contribution in [2.45, 2.75) is 37.4 Å². The third-order valence-corrected chi connectivity index (χ3v) is 4.59. The van der Waals surface area contributed by atoms with Crippen molar-refractivity contribution in [1.82, 2.24) is 9.96 Å². The quantitative estimate of drug-likeness (QED) is 0.387. The standard InChI is InChI=1S/C12H14N2O9S/c15-8-3-4-9(16)13(8)5-1-2-11(18)23-14-10(17)6-7(12(14)19)24(20,21)22/h7H,1-6H2,(H,20,21,22)/p-1. The Morgan fingerprint density at radius 1 is 1.12 bits per heavy atom. The summed E-state index contributed by atoms with van der Waals surface area (Å²) in [6.07, 6.45) is -0.913. The highest BCUT2D eigenvalue weighted by Crippen LogP contribution is 2.20. The zero-order chi connectivity index (χ0) is 18.1. The van der Waals surface area contributed by atoms with Gasteiger partial charge in [0.15, 0.2) is 0 Å². The first-order valence-electron chi connectivity index (χ1n) is 6.96. The van der Waals surface area contributed by atoms with Crippen LogP contribution in [-0.4, -0.2) is 64.3 Å². The zero-order valence-electron chi connectivity index (χ0n) is 12.3. The number of imide groups is 2. The molecule has 0 aromatic rings. The Kier molecular flexibility index (Phi) is 4.99. The number of carbonyl (C=O) groups is 5. The predicted octanol–water partition coefficient (Wildman–Crippen LogP) is -1.95. The minimum absolute atomic E-state index is 0.00771. The summed E-state index contributed by atoms with van der Waals surface area (Å²) < 4.78 is 32.5. The molecule has 132 valence electrons. The van der Waals surface area contributed by atoms with Gasteiger partial charge < -0.3 is 9.39 Å². The molecule has 0 saturated carbocycles. The molecule has 2 aliphatic heterocycles. The molecule has 1 unspecified atom stereocenters. The molecule has 0 aromatic heterocycles. The van der Waals surface area contributed by atoms with E-state index in [9.17, 15) is 36.9 Å². The lowest BCUT2D eigenvalue weighted by molar-refractivity contribution is -0.197.